The summed E-state index contributed by atoms with van der Waals surface area (Å²) in [7, 11) is 0. The van der Waals surface area contributed by atoms with E-state index in [0.29, 0.717) is 31.9 Å². The molecule has 124 valence electrons. The van der Waals surface area contributed by atoms with Crippen molar-refractivity contribution in [2.75, 3.05) is 19.7 Å². The molecule has 1 aliphatic rings. The van der Waals surface area contributed by atoms with Gasteiger partial charge in [0, 0.05) is 17.8 Å². The third-order valence-corrected chi connectivity index (χ3v) is 4.58. The quantitative estimate of drug-likeness (QED) is 0.921. The van der Waals surface area contributed by atoms with Crippen LogP contribution in [0.2, 0.25) is 0 Å². The zero-order chi connectivity index (χ0) is 16.4. The van der Waals surface area contributed by atoms with Crippen LogP contribution < -0.4 is 0 Å². The Morgan fingerprint density at radius 1 is 1.52 bits per heavy atom. The van der Waals surface area contributed by atoms with Crippen molar-refractivity contribution in [2.24, 2.45) is 0 Å². The molecular formula is C15H21N5O2S. The lowest BCUT2D eigenvalue weighted by atomic mass is 10.2. The van der Waals surface area contributed by atoms with Gasteiger partial charge in [-0.05, 0) is 6.92 Å². The Kier molecular flexibility index (Phi) is 4.72. The van der Waals surface area contributed by atoms with E-state index in [1.165, 1.54) is 0 Å². The summed E-state index contributed by atoms with van der Waals surface area (Å²) in [5.74, 6) is 1.79. The average molecular weight is 335 g/mol. The van der Waals surface area contributed by atoms with Gasteiger partial charge in [-0.15, -0.1) is 11.3 Å². The van der Waals surface area contributed by atoms with Crippen LogP contribution in [0.3, 0.4) is 0 Å². The van der Waals surface area contributed by atoms with Crippen LogP contribution in [0.5, 0.6) is 0 Å². The number of carbonyl (C=O) groups excluding carboxylic acids is 1. The zero-order valence-corrected chi connectivity index (χ0v) is 14.4. The Morgan fingerprint density at radius 2 is 2.35 bits per heavy atom. The van der Waals surface area contributed by atoms with Crippen LogP contribution in [0.15, 0.2) is 5.38 Å². The first-order valence-corrected chi connectivity index (χ1v) is 8.63. The number of ether oxygens (including phenoxy) is 1. The molecule has 3 heterocycles. The van der Waals surface area contributed by atoms with Gasteiger partial charge < -0.3 is 9.64 Å². The van der Waals surface area contributed by atoms with Crippen LogP contribution in [0, 0.1) is 6.92 Å². The van der Waals surface area contributed by atoms with E-state index in [4.69, 9.17) is 4.74 Å². The molecule has 0 saturated carbocycles. The van der Waals surface area contributed by atoms with Crippen molar-refractivity contribution >= 4 is 17.2 Å². The molecule has 1 atom stereocenters. The second-order valence-corrected chi connectivity index (χ2v) is 7.03. The Bertz CT molecular complexity index is 681. The van der Waals surface area contributed by atoms with Crippen molar-refractivity contribution in [3.63, 3.8) is 0 Å². The lowest BCUT2D eigenvalue weighted by Crippen LogP contribution is -2.43. The molecule has 1 aliphatic heterocycles. The maximum absolute atomic E-state index is 12.5. The minimum Gasteiger partial charge on any atom is -0.367 e. The second kappa shape index (κ2) is 6.76. The number of thiazole rings is 1. The topological polar surface area (TPSA) is 84.0 Å². The largest absolute Gasteiger partial charge is 0.367 e. The number of nitrogens with zero attached hydrogens (tertiary/aromatic N) is 4. The van der Waals surface area contributed by atoms with E-state index in [1.807, 2.05) is 31.1 Å². The fourth-order valence-electron chi connectivity index (χ4n) is 2.49. The van der Waals surface area contributed by atoms with Gasteiger partial charge in [0.2, 0.25) is 5.91 Å². The first kappa shape index (κ1) is 16.1. The summed E-state index contributed by atoms with van der Waals surface area (Å²) < 4.78 is 5.75. The molecule has 1 unspecified atom stereocenters. The highest BCUT2D eigenvalue weighted by Gasteiger charge is 2.28. The highest BCUT2D eigenvalue weighted by atomic mass is 32.1. The predicted octanol–water partition coefficient (Wildman–Crippen LogP) is 1.84. The molecule has 1 saturated heterocycles. The number of hydrogen-bond donors (Lipinski definition) is 1. The van der Waals surface area contributed by atoms with Crippen LogP contribution in [-0.2, 0) is 16.0 Å². The smallest absolute Gasteiger partial charge is 0.228 e. The second-order valence-electron chi connectivity index (χ2n) is 5.97. The van der Waals surface area contributed by atoms with Crippen LogP contribution in [0.4, 0.5) is 0 Å². The van der Waals surface area contributed by atoms with Gasteiger partial charge in [-0.1, -0.05) is 13.8 Å². The van der Waals surface area contributed by atoms with Gasteiger partial charge in [0.25, 0.3) is 0 Å². The number of rotatable bonds is 4. The first-order valence-electron chi connectivity index (χ1n) is 7.75. The van der Waals surface area contributed by atoms with Crippen molar-refractivity contribution < 1.29 is 9.53 Å². The number of carbonyl (C=O) groups is 1. The number of hydrogen-bond acceptors (Lipinski definition) is 6. The van der Waals surface area contributed by atoms with Gasteiger partial charge in [0.05, 0.1) is 30.3 Å². The summed E-state index contributed by atoms with van der Waals surface area (Å²) in [5.41, 5.74) is 0.835. The van der Waals surface area contributed by atoms with Crippen molar-refractivity contribution in [1.29, 1.82) is 0 Å². The van der Waals surface area contributed by atoms with Gasteiger partial charge in [0.15, 0.2) is 11.6 Å². The molecule has 0 spiro atoms. The summed E-state index contributed by atoms with van der Waals surface area (Å²) in [4.78, 5) is 23.1. The van der Waals surface area contributed by atoms with Gasteiger partial charge in [-0.3, -0.25) is 9.89 Å². The third-order valence-electron chi connectivity index (χ3n) is 3.76. The molecule has 0 bridgehead atoms. The van der Waals surface area contributed by atoms with Crippen LogP contribution in [0.1, 0.15) is 48.2 Å². The van der Waals surface area contributed by atoms with E-state index in [-0.39, 0.29) is 17.9 Å². The normalized spacial score (nSPS) is 18.6. The summed E-state index contributed by atoms with van der Waals surface area (Å²) in [6, 6.07) is 0. The maximum Gasteiger partial charge on any atom is 0.228 e. The number of aryl methyl sites for hydroxylation is 1. The molecular weight excluding hydrogens is 314 g/mol. The van der Waals surface area contributed by atoms with E-state index in [2.05, 4.69) is 20.2 Å². The van der Waals surface area contributed by atoms with Crippen molar-refractivity contribution in [1.82, 2.24) is 25.1 Å². The molecule has 7 nitrogen and oxygen atoms in total. The number of aromatic amines is 1. The third kappa shape index (κ3) is 3.76. The lowest BCUT2D eigenvalue weighted by Gasteiger charge is -2.31. The Labute approximate surface area is 139 Å². The molecule has 2 aromatic heterocycles. The molecule has 1 fully saturated rings. The summed E-state index contributed by atoms with van der Waals surface area (Å²) >= 11 is 1.57. The molecule has 8 heteroatoms. The Morgan fingerprint density at radius 3 is 3.00 bits per heavy atom. The Hall–Kier alpha value is -1.80. The fraction of sp³-hybridized carbons (Fsp3) is 0.600. The molecule has 2 aromatic rings. The molecule has 3 rings (SSSR count). The average Bonchev–Trinajstić information content (AvgIpc) is 3.17. The summed E-state index contributed by atoms with van der Waals surface area (Å²) in [6.07, 6.45) is 0.0925. The SMILES string of the molecule is Cc1nc(CC(=O)N2CCOC(c3nc(C(C)C)n[nH]3)C2)cs1. The van der Waals surface area contributed by atoms with E-state index in [1.54, 1.807) is 11.3 Å². The van der Waals surface area contributed by atoms with Crippen molar-refractivity contribution in [2.45, 2.75) is 39.2 Å². The lowest BCUT2D eigenvalue weighted by molar-refractivity contribution is -0.138. The van der Waals surface area contributed by atoms with E-state index in [0.717, 1.165) is 16.5 Å². The number of nitrogens with one attached hydrogen (secondary N) is 1. The molecule has 1 amide bonds. The number of aromatic nitrogens is 4. The number of amides is 1. The zero-order valence-electron chi connectivity index (χ0n) is 13.6. The minimum atomic E-state index is -0.245. The molecule has 1 N–H and O–H groups in total. The van der Waals surface area contributed by atoms with Crippen LogP contribution >= 0.6 is 11.3 Å². The predicted molar refractivity (Wildman–Crippen MR) is 86.3 cm³/mol. The highest BCUT2D eigenvalue weighted by Crippen LogP contribution is 2.21. The van der Waals surface area contributed by atoms with E-state index in [9.17, 15) is 4.79 Å². The molecule has 23 heavy (non-hydrogen) atoms. The fourth-order valence-corrected chi connectivity index (χ4v) is 3.10. The van der Waals surface area contributed by atoms with Gasteiger partial charge in [-0.25, -0.2) is 9.97 Å². The number of morpholine rings is 1. The molecule has 0 radical (unpaired) electrons. The van der Waals surface area contributed by atoms with E-state index >= 15 is 0 Å². The van der Waals surface area contributed by atoms with Crippen molar-refractivity contribution in [3.8, 4) is 0 Å². The van der Waals surface area contributed by atoms with E-state index < -0.39 is 0 Å². The first-order chi connectivity index (χ1) is 11.0. The standard InChI is InChI=1S/C15H21N5O2S/c1-9(2)14-17-15(19-18-14)12-7-20(4-5-22-12)13(21)6-11-8-23-10(3)16-11/h8-9,12H,4-7H2,1-3H3,(H,17,18,19). The molecule has 0 aromatic carbocycles. The maximum atomic E-state index is 12.5. The van der Waals surface area contributed by atoms with Crippen molar-refractivity contribution in [3.05, 3.63) is 27.7 Å². The minimum absolute atomic E-state index is 0.0761. The summed E-state index contributed by atoms with van der Waals surface area (Å²) in [6.45, 7) is 7.63. The van der Waals surface area contributed by atoms with Gasteiger partial charge >= 0.3 is 0 Å². The van der Waals surface area contributed by atoms with Gasteiger partial charge in [-0.2, -0.15) is 5.10 Å². The summed E-state index contributed by atoms with van der Waals surface area (Å²) in [5, 5.41) is 10.1. The Balaban J connectivity index is 1.64. The van der Waals surface area contributed by atoms with Gasteiger partial charge in [0.1, 0.15) is 6.10 Å². The number of H-pyrrole nitrogens is 1. The monoisotopic (exact) mass is 335 g/mol. The highest BCUT2D eigenvalue weighted by molar-refractivity contribution is 7.09. The van der Waals surface area contributed by atoms with Crippen LogP contribution in [-0.4, -0.2) is 50.7 Å². The molecule has 0 aliphatic carbocycles. The van der Waals surface area contributed by atoms with Crippen LogP contribution in [0.25, 0.3) is 0 Å².